The summed E-state index contributed by atoms with van der Waals surface area (Å²) in [5.74, 6) is 0.680. The summed E-state index contributed by atoms with van der Waals surface area (Å²) >= 11 is 2.29. The molecule has 4 nitrogen and oxygen atoms in total. The van der Waals surface area contributed by atoms with E-state index in [0.717, 1.165) is 10.8 Å². The molecule has 0 saturated carbocycles. The van der Waals surface area contributed by atoms with Crippen LogP contribution in [0.2, 0.25) is 0 Å². The van der Waals surface area contributed by atoms with E-state index in [9.17, 15) is 9.90 Å². The summed E-state index contributed by atoms with van der Waals surface area (Å²) < 4.78 is 6.39. The molecule has 5 heteroatoms. The van der Waals surface area contributed by atoms with Crippen LogP contribution in [0.3, 0.4) is 0 Å². The first-order chi connectivity index (χ1) is 10.6. The molecule has 1 amide bonds. The summed E-state index contributed by atoms with van der Waals surface area (Å²) in [5, 5.41) is 9.42. The molecular weight excluding hydrogens is 393 g/mol. The van der Waals surface area contributed by atoms with Gasteiger partial charge in [0.05, 0.1) is 0 Å². The molecule has 0 aliphatic rings. The average Bonchev–Trinajstić information content (AvgIpc) is 2.51. The molecule has 0 aliphatic carbocycles. The van der Waals surface area contributed by atoms with Crippen molar-refractivity contribution in [1.82, 2.24) is 0 Å². The summed E-state index contributed by atoms with van der Waals surface area (Å²) in [4.78, 5) is 14.2. The molecule has 2 aromatic rings. The maximum absolute atomic E-state index is 12.6. The third kappa shape index (κ3) is 4.37. The summed E-state index contributed by atoms with van der Waals surface area (Å²) in [6, 6.07) is 15.6. The van der Waals surface area contributed by atoms with Crippen LogP contribution in [0.1, 0.15) is 13.3 Å². The quantitative estimate of drug-likeness (QED) is 0.578. The van der Waals surface area contributed by atoms with Crippen LogP contribution in [0.25, 0.3) is 0 Å². The monoisotopic (exact) mass is 411 g/mol. The minimum Gasteiger partial charge on any atom is -0.508 e. The molecule has 2 aromatic carbocycles. The van der Waals surface area contributed by atoms with Crippen LogP contribution in [-0.2, 0) is 0 Å². The highest BCUT2D eigenvalue weighted by atomic mass is 127. The van der Waals surface area contributed by atoms with Crippen molar-refractivity contribution in [2.45, 2.75) is 19.4 Å². The van der Waals surface area contributed by atoms with Crippen LogP contribution in [0.15, 0.2) is 54.6 Å². The fraction of sp³-hybridized carbons (Fsp3) is 0.235. The lowest BCUT2D eigenvalue weighted by Crippen LogP contribution is -2.41. The van der Waals surface area contributed by atoms with E-state index in [1.165, 1.54) is 0 Å². The zero-order chi connectivity index (χ0) is 15.9. The van der Waals surface area contributed by atoms with Crippen LogP contribution in [0.4, 0.5) is 10.5 Å². The van der Waals surface area contributed by atoms with Crippen LogP contribution in [0.5, 0.6) is 11.5 Å². The van der Waals surface area contributed by atoms with Crippen molar-refractivity contribution < 1.29 is 14.6 Å². The van der Waals surface area contributed by atoms with Gasteiger partial charge in [0, 0.05) is 16.2 Å². The first-order valence-electron chi connectivity index (χ1n) is 7.03. The predicted molar refractivity (Wildman–Crippen MR) is 96.0 cm³/mol. The van der Waals surface area contributed by atoms with E-state index >= 15 is 0 Å². The van der Waals surface area contributed by atoms with Crippen molar-refractivity contribution in [3.05, 3.63) is 54.6 Å². The molecule has 116 valence electrons. The average molecular weight is 411 g/mol. The Hall–Kier alpha value is -1.76. The Kier molecular flexibility index (Phi) is 6.06. The van der Waals surface area contributed by atoms with Crippen molar-refractivity contribution in [1.29, 1.82) is 0 Å². The molecule has 2 rings (SSSR count). The second-order valence-electron chi connectivity index (χ2n) is 4.89. The lowest BCUT2D eigenvalue weighted by molar-refractivity contribution is 0.205. The standard InChI is InChI=1S/C17H18INO3/c1-13(11-12-18)19(14-7-9-15(20)10-8-14)17(21)22-16-5-3-2-4-6-16/h2-10,13,20H,11-12H2,1H3. The van der Waals surface area contributed by atoms with E-state index in [1.54, 1.807) is 41.3 Å². The molecule has 0 radical (unpaired) electrons. The highest BCUT2D eigenvalue weighted by molar-refractivity contribution is 14.1. The van der Waals surface area contributed by atoms with E-state index in [-0.39, 0.29) is 11.8 Å². The van der Waals surface area contributed by atoms with Gasteiger partial charge in [0.25, 0.3) is 0 Å². The normalized spacial score (nSPS) is 11.7. The second kappa shape index (κ2) is 8.03. The van der Waals surface area contributed by atoms with Gasteiger partial charge in [-0.1, -0.05) is 40.8 Å². The van der Waals surface area contributed by atoms with Crippen molar-refractivity contribution in [3.8, 4) is 11.5 Å². The molecular formula is C17H18INO3. The molecule has 0 bridgehead atoms. The fourth-order valence-electron chi connectivity index (χ4n) is 2.08. The molecule has 0 spiro atoms. The van der Waals surface area contributed by atoms with Crippen LogP contribution >= 0.6 is 22.6 Å². The molecule has 0 aromatic heterocycles. The van der Waals surface area contributed by atoms with Gasteiger partial charge in [-0.15, -0.1) is 0 Å². The number of hydrogen-bond donors (Lipinski definition) is 1. The first-order valence-corrected chi connectivity index (χ1v) is 8.55. The van der Waals surface area contributed by atoms with Crippen molar-refractivity contribution in [2.75, 3.05) is 9.33 Å². The highest BCUT2D eigenvalue weighted by Crippen LogP contribution is 2.24. The van der Waals surface area contributed by atoms with Gasteiger partial charge >= 0.3 is 6.09 Å². The predicted octanol–water partition coefficient (Wildman–Crippen LogP) is 4.61. The zero-order valence-corrected chi connectivity index (χ0v) is 14.4. The third-order valence-electron chi connectivity index (χ3n) is 3.24. The number of ether oxygens (including phenoxy) is 1. The van der Waals surface area contributed by atoms with Crippen LogP contribution in [-0.4, -0.2) is 21.7 Å². The summed E-state index contributed by atoms with van der Waals surface area (Å²) in [7, 11) is 0. The lowest BCUT2D eigenvalue weighted by Gasteiger charge is -2.28. The molecule has 0 heterocycles. The number of phenolic OH excluding ortho intramolecular Hbond substituents is 1. The van der Waals surface area contributed by atoms with E-state index in [2.05, 4.69) is 22.6 Å². The molecule has 0 saturated heterocycles. The number of phenols is 1. The first kappa shape index (κ1) is 16.6. The number of aromatic hydroxyl groups is 1. The number of halogens is 1. The van der Waals surface area contributed by atoms with Gasteiger partial charge in [-0.05, 0) is 49.7 Å². The van der Waals surface area contributed by atoms with Gasteiger partial charge in [0.15, 0.2) is 0 Å². The van der Waals surface area contributed by atoms with Crippen molar-refractivity contribution in [2.24, 2.45) is 0 Å². The Labute approximate surface area is 143 Å². The number of carbonyl (C=O) groups is 1. The Balaban J connectivity index is 2.23. The number of carbonyl (C=O) groups excluding carboxylic acids is 1. The number of benzene rings is 2. The van der Waals surface area contributed by atoms with Gasteiger partial charge in [-0.2, -0.15) is 0 Å². The minimum atomic E-state index is -0.422. The van der Waals surface area contributed by atoms with Gasteiger partial charge < -0.3 is 9.84 Å². The van der Waals surface area contributed by atoms with E-state index < -0.39 is 6.09 Å². The number of alkyl halides is 1. The number of hydrogen-bond acceptors (Lipinski definition) is 3. The van der Waals surface area contributed by atoms with Gasteiger partial charge in [0.1, 0.15) is 11.5 Å². The van der Waals surface area contributed by atoms with Crippen LogP contribution in [0, 0.1) is 0 Å². The maximum Gasteiger partial charge on any atom is 0.420 e. The zero-order valence-electron chi connectivity index (χ0n) is 12.3. The number of rotatable bonds is 5. The number of para-hydroxylation sites is 1. The Morgan fingerprint density at radius 3 is 2.41 bits per heavy atom. The molecule has 22 heavy (non-hydrogen) atoms. The number of anilines is 1. The second-order valence-corrected chi connectivity index (χ2v) is 5.97. The summed E-state index contributed by atoms with van der Waals surface area (Å²) in [5.41, 5.74) is 0.705. The van der Waals surface area contributed by atoms with Gasteiger partial charge in [0.2, 0.25) is 0 Å². The van der Waals surface area contributed by atoms with Crippen LogP contribution < -0.4 is 9.64 Å². The minimum absolute atomic E-state index is 0.00217. The lowest BCUT2D eigenvalue weighted by atomic mass is 10.2. The topological polar surface area (TPSA) is 49.8 Å². The molecule has 1 unspecified atom stereocenters. The van der Waals surface area contributed by atoms with Crippen molar-refractivity contribution >= 4 is 34.4 Å². The largest absolute Gasteiger partial charge is 0.508 e. The molecule has 1 N–H and O–H groups in total. The SMILES string of the molecule is CC(CCI)N(C(=O)Oc1ccccc1)c1ccc(O)cc1. The summed E-state index contributed by atoms with van der Waals surface area (Å²) in [6.45, 7) is 1.98. The van der Waals surface area contributed by atoms with E-state index in [1.807, 2.05) is 25.1 Å². The summed E-state index contributed by atoms with van der Waals surface area (Å²) in [6.07, 6.45) is 0.431. The Morgan fingerprint density at radius 2 is 1.82 bits per heavy atom. The van der Waals surface area contributed by atoms with Gasteiger partial charge in [-0.3, -0.25) is 4.90 Å². The molecule has 0 fully saturated rings. The highest BCUT2D eigenvalue weighted by Gasteiger charge is 2.23. The Bertz CT molecular complexity index is 601. The number of nitrogens with zero attached hydrogens (tertiary/aromatic N) is 1. The van der Waals surface area contributed by atoms with Crippen molar-refractivity contribution in [3.63, 3.8) is 0 Å². The fourth-order valence-corrected chi connectivity index (χ4v) is 2.98. The number of amides is 1. The smallest absolute Gasteiger partial charge is 0.420 e. The molecule has 0 aliphatic heterocycles. The Morgan fingerprint density at radius 1 is 1.18 bits per heavy atom. The third-order valence-corrected chi connectivity index (χ3v) is 3.86. The molecule has 1 atom stereocenters. The van der Waals surface area contributed by atoms with Gasteiger partial charge in [-0.25, -0.2) is 4.79 Å². The van der Waals surface area contributed by atoms with E-state index in [0.29, 0.717) is 11.4 Å². The van der Waals surface area contributed by atoms with E-state index in [4.69, 9.17) is 4.74 Å². The maximum atomic E-state index is 12.6.